The van der Waals surface area contributed by atoms with Crippen molar-refractivity contribution in [3.63, 3.8) is 0 Å². The van der Waals surface area contributed by atoms with Crippen molar-refractivity contribution in [2.75, 3.05) is 7.11 Å². The third-order valence-corrected chi connectivity index (χ3v) is 5.90. The van der Waals surface area contributed by atoms with Crippen LogP contribution in [0, 0.1) is 0 Å². The van der Waals surface area contributed by atoms with E-state index in [4.69, 9.17) is 37.8 Å². The van der Waals surface area contributed by atoms with E-state index in [-0.39, 0.29) is 6.04 Å². The number of hydrogen-bond acceptors (Lipinski definition) is 4. The largest absolute Gasteiger partial charge is 0.497 e. The van der Waals surface area contributed by atoms with Gasteiger partial charge in [-0.2, -0.15) is 5.10 Å². The smallest absolute Gasteiger partial charge is 0.215 e. The van der Waals surface area contributed by atoms with Crippen LogP contribution in [0.1, 0.15) is 35.4 Å². The fourth-order valence-corrected chi connectivity index (χ4v) is 4.41. The number of hydrogen-bond donors (Lipinski definition) is 0. The Morgan fingerprint density at radius 1 is 1.00 bits per heavy atom. The van der Waals surface area contributed by atoms with Crippen LogP contribution in [0.4, 0.5) is 0 Å². The Morgan fingerprint density at radius 3 is 2.59 bits per heavy atom. The Bertz CT molecular complexity index is 1100. The third-order valence-electron chi connectivity index (χ3n) is 5.33. The zero-order valence-corrected chi connectivity index (χ0v) is 17.2. The molecule has 6 heteroatoms. The van der Waals surface area contributed by atoms with E-state index in [9.17, 15) is 0 Å². The van der Waals surface area contributed by atoms with Crippen LogP contribution in [0.15, 0.2) is 71.8 Å². The lowest BCUT2D eigenvalue weighted by Crippen LogP contribution is -2.33. The van der Waals surface area contributed by atoms with Gasteiger partial charge in [0, 0.05) is 22.6 Å². The van der Waals surface area contributed by atoms with E-state index in [1.807, 2.05) is 53.5 Å². The molecule has 146 valence electrons. The van der Waals surface area contributed by atoms with Gasteiger partial charge in [-0.1, -0.05) is 59.6 Å². The van der Waals surface area contributed by atoms with Gasteiger partial charge >= 0.3 is 0 Å². The van der Waals surface area contributed by atoms with Gasteiger partial charge in [-0.25, -0.2) is 5.01 Å². The number of halogens is 2. The molecule has 0 aliphatic carbocycles. The van der Waals surface area contributed by atoms with Crippen LogP contribution >= 0.6 is 23.2 Å². The molecule has 3 aromatic carbocycles. The van der Waals surface area contributed by atoms with Gasteiger partial charge in [-0.3, -0.25) is 0 Å². The average molecular weight is 425 g/mol. The summed E-state index contributed by atoms with van der Waals surface area (Å²) in [4.78, 5) is 0. The van der Waals surface area contributed by atoms with Crippen molar-refractivity contribution in [2.24, 2.45) is 5.10 Å². The number of benzene rings is 3. The number of nitrogens with zero attached hydrogens (tertiary/aromatic N) is 2. The van der Waals surface area contributed by atoms with Crippen LogP contribution in [0.3, 0.4) is 0 Å². The van der Waals surface area contributed by atoms with Gasteiger partial charge in [0.25, 0.3) is 0 Å². The van der Waals surface area contributed by atoms with Crippen molar-refractivity contribution in [1.29, 1.82) is 0 Å². The maximum atomic E-state index is 6.52. The summed E-state index contributed by atoms with van der Waals surface area (Å²) in [5, 5.41) is 8.09. The molecule has 0 N–H and O–H groups in total. The maximum absolute atomic E-state index is 6.52. The Balaban J connectivity index is 1.63. The topological polar surface area (TPSA) is 34.1 Å². The molecule has 29 heavy (non-hydrogen) atoms. The number of rotatable bonds is 3. The monoisotopic (exact) mass is 424 g/mol. The van der Waals surface area contributed by atoms with Crippen molar-refractivity contribution < 1.29 is 9.47 Å². The summed E-state index contributed by atoms with van der Waals surface area (Å²) >= 11 is 12.6. The lowest BCUT2D eigenvalue weighted by atomic mass is 9.95. The first-order valence-electron chi connectivity index (χ1n) is 9.35. The summed E-state index contributed by atoms with van der Waals surface area (Å²) in [7, 11) is 1.67. The Labute approximate surface area is 179 Å². The normalized spacial score (nSPS) is 19.8. The van der Waals surface area contributed by atoms with Gasteiger partial charge in [-0.05, 0) is 35.9 Å². The standard InChI is InChI=1S/C23H18Cl2N2O2/c1-28-16-8-10-22-18(12-16)21-13-20(14-5-3-2-4-6-14)26-27(21)23(29-22)17-9-7-15(24)11-19(17)25/h2-12,21,23H,13H2,1H3/t21-,23+/m0/s1. The van der Waals surface area contributed by atoms with Gasteiger partial charge in [0.05, 0.1) is 23.9 Å². The van der Waals surface area contributed by atoms with E-state index in [0.29, 0.717) is 10.0 Å². The highest BCUT2D eigenvalue weighted by Crippen LogP contribution is 2.49. The number of ether oxygens (including phenoxy) is 2. The van der Waals surface area contributed by atoms with Crippen molar-refractivity contribution in [2.45, 2.75) is 18.7 Å². The first-order chi connectivity index (χ1) is 14.1. The van der Waals surface area contributed by atoms with Gasteiger partial charge in [0.1, 0.15) is 11.5 Å². The number of methoxy groups -OCH3 is 1. The molecule has 0 aromatic heterocycles. The molecule has 0 amide bonds. The Kier molecular flexibility index (Phi) is 4.61. The Morgan fingerprint density at radius 2 is 1.83 bits per heavy atom. The van der Waals surface area contributed by atoms with Crippen molar-refractivity contribution in [3.05, 3.63) is 93.5 Å². The summed E-state index contributed by atoms with van der Waals surface area (Å²) in [6, 6.07) is 21.6. The zero-order chi connectivity index (χ0) is 20.0. The summed E-state index contributed by atoms with van der Waals surface area (Å²) in [5.74, 6) is 1.61. The maximum Gasteiger partial charge on any atom is 0.215 e. The molecular formula is C23H18Cl2N2O2. The second-order valence-corrected chi connectivity index (χ2v) is 7.90. The summed E-state index contributed by atoms with van der Waals surface area (Å²) < 4.78 is 11.8. The average Bonchev–Trinajstić information content (AvgIpc) is 3.20. The van der Waals surface area contributed by atoms with E-state index < -0.39 is 6.23 Å². The highest BCUT2D eigenvalue weighted by molar-refractivity contribution is 6.35. The molecule has 0 bridgehead atoms. The molecule has 0 unspecified atom stereocenters. The van der Waals surface area contributed by atoms with E-state index in [0.717, 1.165) is 40.3 Å². The highest BCUT2D eigenvalue weighted by Gasteiger charge is 2.41. The fraction of sp³-hybridized carbons (Fsp3) is 0.174. The minimum absolute atomic E-state index is 0.0285. The molecule has 2 atom stereocenters. The second-order valence-electron chi connectivity index (χ2n) is 7.05. The molecule has 0 radical (unpaired) electrons. The molecule has 0 saturated carbocycles. The lowest BCUT2D eigenvalue weighted by molar-refractivity contribution is -0.0190. The molecule has 5 rings (SSSR count). The number of fused-ring (bicyclic) bond motifs is 3. The minimum Gasteiger partial charge on any atom is -0.497 e. The zero-order valence-electron chi connectivity index (χ0n) is 15.7. The molecular weight excluding hydrogens is 407 g/mol. The van der Waals surface area contributed by atoms with Crippen LogP contribution < -0.4 is 9.47 Å². The molecule has 2 aliphatic heterocycles. The number of hydrazone groups is 1. The van der Waals surface area contributed by atoms with Crippen LogP contribution in [0.2, 0.25) is 10.0 Å². The van der Waals surface area contributed by atoms with Gasteiger partial charge in [-0.15, -0.1) is 0 Å². The quantitative estimate of drug-likeness (QED) is 0.498. The van der Waals surface area contributed by atoms with Crippen LogP contribution in [0.25, 0.3) is 0 Å². The van der Waals surface area contributed by atoms with E-state index in [1.165, 1.54) is 0 Å². The molecule has 2 aliphatic rings. The van der Waals surface area contributed by atoms with Crippen molar-refractivity contribution in [3.8, 4) is 11.5 Å². The highest BCUT2D eigenvalue weighted by atomic mass is 35.5. The van der Waals surface area contributed by atoms with E-state index in [1.54, 1.807) is 13.2 Å². The molecule has 2 heterocycles. The van der Waals surface area contributed by atoms with E-state index in [2.05, 4.69) is 12.1 Å². The minimum atomic E-state index is -0.438. The van der Waals surface area contributed by atoms with Gasteiger partial charge in [0.2, 0.25) is 6.23 Å². The fourth-order valence-electron chi connectivity index (χ4n) is 3.90. The molecule has 4 nitrogen and oxygen atoms in total. The van der Waals surface area contributed by atoms with Crippen LogP contribution in [-0.2, 0) is 0 Å². The second kappa shape index (κ2) is 7.29. The molecule has 0 spiro atoms. The van der Waals surface area contributed by atoms with E-state index >= 15 is 0 Å². The van der Waals surface area contributed by atoms with Crippen molar-refractivity contribution in [1.82, 2.24) is 5.01 Å². The Hall–Kier alpha value is -2.69. The molecule has 0 fully saturated rings. The SMILES string of the molecule is COc1ccc2c(c1)[C@@H]1CC(c3ccccc3)=NN1[C@@H](c1ccc(Cl)cc1Cl)O2. The molecule has 0 saturated heterocycles. The first-order valence-corrected chi connectivity index (χ1v) is 10.1. The predicted octanol–water partition coefficient (Wildman–Crippen LogP) is 6.24. The third kappa shape index (κ3) is 3.22. The van der Waals surface area contributed by atoms with Crippen LogP contribution in [-0.4, -0.2) is 17.8 Å². The lowest BCUT2D eigenvalue weighted by Gasteiger charge is -2.38. The molecule has 3 aromatic rings. The van der Waals surface area contributed by atoms with Crippen LogP contribution in [0.5, 0.6) is 11.5 Å². The summed E-state index contributed by atoms with van der Waals surface area (Å²) in [5.41, 5.74) is 4.01. The summed E-state index contributed by atoms with van der Waals surface area (Å²) in [6.45, 7) is 0. The predicted molar refractivity (Wildman–Crippen MR) is 115 cm³/mol. The van der Waals surface area contributed by atoms with Crippen molar-refractivity contribution >= 4 is 28.9 Å². The van der Waals surface area contributed by atoms with Gasteiger partial charge in [0.15, 0.2) is 0 Å². The first kappa shape index (κ1) is 18.3. The summed E-state index contributed by atoms with van der Waals surface area (Å²) in [6.07, 6.45) is 0.335. The van der Waals surface area contributed by atoms with Gasteiger partial charge < -0.3 is 9.47 Å².